The summed E-state index contributed by atoms with van der Waals surface area (Å²) in [6.45, 7) is 21.5. The molecule has 44 heavy (non-hydrogen) atoms. The quantitative estimate of drug-likeness (QED) is 0.170. The van der Waals surface area contributed by atoms with E-state index in [1.54, 1.807) is 12.1 Å². The van der Waals surface area contributed by atoms with Crippen molar-refractivity contribution in [1.82, 2.24) is 20.1 Å². The summed E-state index contributed by atoms with van der Waals surface area (Å²) in [7, 11) is 4.02. The Bertz CT molecular complexity index is 1670. The normalized spacial score (nSPS) is 13.5. The molecule has 6 nitrogen and oxygen atoms in total. The monoisotopic (exact) mass is 596 g/mol. The average Bonchev–Trinajstić information content (AvgIpc) is 3.59. The summed E-state index contributed by atoms with van der Waals surface area (Å²) in [6, 6.07) is 7.15. The molecule has 0 aliphatic carbocycles. The third-order valence-corrected chi connectivity index (χ3v) is 6.79. The molecule has 0 aliphatic rings. The zero-order chi connectivity index (χ0) is 32.8. The number of H-pyrrole nitrogens is 2. The highest BCUT2D eigenvalue weighted by Crippen LogP contribution is 2.31. The van der Waals surface area contributed by atoms with Gasteiger partial charge in [0, 0.05) is 40.9 Å². The molecule has 234 valence electrons. The fourth-order valence-corrected chi connectivity index (χ4v) is 4.56. The minimum Gasteiger partial charge on any atom is -0.399 e. The van der Waals surface area contributed by atoms with E-state index in [-0.39, 0.29) is 5.82 Å². The number of nitrogens with zero attached hydrogens (tertiary/aromatic N) is 2. The zero-order valence-electron chi connectivity index (χ0n) is 27.6. The van der Waals surface area contributed by atoms with E-state index in [0.29, 0.717) is 12.2 Å². The number of benzene rings is 1. The molecule has 0 bridgehead atoms. The summed E-state index contributed by atoms with van der Waals surface area (Å²) in [5.41, 5.74) is 14.2. The molecule has 2 aromatic heterocycles. The molecule has 0 radical (unpaired) electrons. The lowest BCUT2D eigenvalue weighted by atomic mass is 9.96. The molecule has 0 unspecified atom stereocenters. The Morgan fingerprint density at radius 3 is 2.48 bits per heavy atom. The molecule has 0 aliphatic heterocycles. The van der Waals surface area contributed by atoms with Gasteiger partial charge in [-0.05, 0) is 107 Å². The lowest BCUT2D eigenvalue weighted by molar-refractivity contribution is 0.425. The number of nitrogens with one attached hydrogen (secondary N) is 3. The number of anilines is 1. The van der Waals surface area contributed by atoms with Gasteiger partial charge < -0.3 is 20.9 Å². The van der Waals surface area contributed by atoms with Crippen molar-refractivity contribution in [3.63, 3.8) is 0 Å². The van der Waals surface area contributed by atoms with Crippen LogP contribution in [0.4, 0.5) is 10.1 Å². The van der Waals surface area contributed by atoms with Crippen LogP contribution < -0.4 is 21.6 Å². The minimum absolute atomic E-state index is 0.295. The van der Waals surface area contributed by atoms with Crippen molar-refractivity contribution in [2.75, 3.05) is 32.5 Å². The number of rotatable bonds is 12. The Hall–Kier alpha value is -4.62. The van der Waals surface area contributed by atoms with Gasteiger partial charge in [-0.2, -0.15) is 5.10 Å². The molecule has 0 saturated heterocycles. The van der Waals surface area contributed by atoms with Gasteiger partial charge in [-0.1, -0.05) is 57.4 Å². The van der Waals surface area contributed by atoms with Crippen LogP contribution in [0.1, 0.15) is 51.4 Å². The Morgan fingerprint density at radius 2 is 1.86 bits per heavy atom. The summed E-state index contributed by atoms with van der Waals surface area (Å²) in [5, 5.41) is 12.9. The van der Waals surface area contributed by atoms with Gasteiger partial charge in [0.15, 0.2) is 0 Å². The minimum atomic E-state index is -0.295. The molecule has 1 aromatic carbocycles. The first-order valence-corrected chi connectivity index (χ1v) is 15.0. The van der Waals surface area contributed by atoms with Crippen molar-refractivity contribution in [1.29, 1.82) is 0 Å². The summed E-state index contributed by atoms with van der Waals surface area (Å²) in [6.07, 6.45) is 15.3. The number of hydrogen-bond donors (Lipinski definition) is 4. The smallest absolute Gasteiger partial charge is 0.125 e. The second kappa shape index (κ2) is 17.5. The van der Waals surface area contributed by atoms with Crippen LogP contribution >= 0.6 is 0 Å². The lowest BCUT2D eigenvalue weighted by Gasteiger charge is -2.14. The topological polar surface area (TPSA) is 85.8 Å². The van der Waals surface area contributed by atoms with Crippen LogP contribution in [-0.2, 0) is 0 Å². The highest BCUT2D eigenvalue weighted by atomic mass is 19.1. The van der Waals surface area contributed by atoms with Crippen LogP contribution in [0.25, 0.3) is 29.1 Å². The van der Waals surface area contributed by atoms with E-state index in [2.05, 4.69) is 44.6 Å². The molecule has 0 spiro atoms. The molecule has 0 amide bonds. The number of halogens is 1. The van der Waals surface area contributed by atoms with Crippen molar-refractivity contribution < 1.29 is 4.39 Å². The fourth-order valence-electron chi connectivity index (χ4n) is 4.56. The molecule has 0 fully saturated rings. The first-order valence-electron chi connectivity index (χ1n) is 15.0. The zero-order valence-corrected chi connectivity index (χ0v) is 27.6. The number of hydrogen-bond acceptors (Lipinski definition) is 4. The maximum atomic E-state index is 14.8. The summed E-state index contributed by atoms with van der Waals surface area (Å²) in [4.78, 5) is 5.60. The molecule has 0 atom stereocenters. The van der Waals surface area contributed by atoms with Crippen LogP contribution in [0.2, 0.25) is 0 Å². The lowest BCUT2D eigenvalue weighted by Crippen LogP contribution is -2.23. The molecule has 0 saturated carbocycles. The number of aromatic amines is 2. The number of nitrogens with two attached hydrogens (primary N) is 1. The maximum absolute atomic E-state index is 14.8. The van der Waals surface area contributed by atoms with Gasteiger partial charge in [0.2, 0.25) is 0 Å². The Kier molecular flexibility index (Phi) is 14.1. The van der Waals surface area contributed by atoms with E-state index in [0.717, 1.165) is 67.7 Å². The van der Waals surface area contributed by atoms with E-state index in [1.165, 1.54) is 6.07 Å². The maximum Gasteiger partial charge on any atom is 0.125 e. The predicted octanol–water partition coefficient (Wildman–Crippen LogP) is 6.97. The third kappa shape index (κ3) is 9.44. The molecular weight excluding hydrogens is 547 g/mol. The van der Waals surface area contributed by atoms with Crippen molar-refractivity contribution >= 4 is 23.4 Å². The number of aromatic nitrogens is 3. The highest BCUT2D eigenvalue weighted by Gasteiger charge is 2.16. The van der Waals surface area contributed by atoms with Gasteiger partial charge in [-0.15, -0.1) is 0 Å². The van der Waals surface area contributed by atoms with Gasteiger partial charge in [-0.25, -0.2) is 4.39 Å². The van der Waals surface area contributed by atoms with E-state index in [4.69, 9.17) is 5.73 Å². The highest BCUT2D eigenvalue weighted by molar-refractivity contribution is 5.85. The summed E-state index contributed by atoms with van der Waals surface area (Å²) in [5.74, 6) is -0.295. The summed E-state index contributed by atoms with van der Waals surface area (Å²) >= 11 is 0. The second-order valence-corrected chi connectivity index (χ2v) is 10.2. The third-order valence-electron chi connectivity index (χ3n) is 6.79. The number of aryl methyl sites for hydroxylation is 1. The van der Waals surface area contributed by atoms with Crippen molar-refractivity contribution in [2.24, 2.45) is 5.73 Å². The average molecular weight is 597 g/mol. The van der Waals surface area contributed by atoms with Crippen molar-refractivity contribution in [3.05, 3.63) is 124 Å². The molecule has 3 rings (SSSR count). The van der Waals surface area contributed by atoms with Gasteiger partial charge in [-0.3, -0.25) is 5.10 Å². The van der Waals surface area contributed by atoms with Crippen LogP contribution in [0, 0.1) is 12.7 Å². The van der Waals surface area contributed by atoms with Crippen LogP contribution in [0.5, 0.6) is 0 Å². The largest absolute Gasteiger partial charge is 0.399 e. The number of allylic oxidation sites excluding steroid dienone is 8. The summed E-state index contributed by atoms with van der Waals surface area (Å²) < 4.78 is 14.8. The van der Waals surface area contributed by atoms with Gasteiger partial charge in [0.05, 0.1) is 11.0 Å². The Morgan fingerprint density at radius 1 is 1.14 bits per heavy atom. The first-order chi connectivity index (χ1) is 21.1. The Balaban J connectivity index is 0.00000330. The Labute approximate surface area is 262 Å². The molecule has 7 heteroatoms. The van der Waals surface area contributed by atoms with Gasteiger partial charge >= 0.3 is 0 Å². The molecule has 2 heterocycles. The molecule has 5 N–H and O–H groups in total. The SMILES string of the molecule is C=C/C(N)=C\C(=C/C)C(=C)/C=c1/c(-c2cc(/C(=C\C=C/C)c3cc(F)cc(NCCN(C)C)c3)c(C)[nH]2)n[nH]/c1=C/C.CC. The first kappa shape index (κ1) is 35.6. The molecular formula is C37H49FN6. The standard InChI is InChI=1S/C35H43FN6.C2H6/c1-9-13-14-30(26-18-27(36)21-29(20-26)38-15-16-42(7)8)31-22-34(39-24(31)6)35-32(33(12-4)40-41-35)17-23(5)25(10-2)19-28(37)11-3;1-2/h9-14,17-22,38-40H,3,5,15-16,37H2,1-2,4,6-8H3;1-2H3/b13-9-,25-10+,28-19+,30-14-,32-17+,33-12+;. The van der Waals surface area contributed by atoms with Crippen LogP contribution in [0.3, 0.4) is 0 Å². The fraction of sp³-hybridized carbons (Fsp3) is 0.270. The van der Waals surface area contributed by atoms with E-state index < -0.39 is 0 Å². The van der Waals surface area contributed by atoms with Crippen molar-refractivity contribution in [2.45, 2.75) is 41.5 Å². The van der Waals surface area contributed by atoms with Gasteiger partial charge in [0.25, 0.3) is 0 Å². The van der Waals surface area contributed by atoms with Crippen molar-refractivity contribution in [3.8, 4) is 11.4 Å². The predicted molar refractivity (Wildman–Crippen MR) is 189 cm³/mol. The molecule has 3 aromatic rings. The number of likely N-dealkylation sites (N-methyl/N-ethyl adjacent to an activating group) is 1. The van der Waals surface area contributed by atoms with Crippen LogP contribution in [0.15, 0.2) is 90.7 Å². The van der Waals surface area contributed by atoms with E-state index >= 15 is 0 Å². The van der Waals surface area contributed by atoms with E-state index in [9.17, 15) is 4.39 Å². The van der Waals surface area contributed by atoms with Crippen LogP contribution in [-0.4, -0.2) is 47.3 Å². The van der Waals surface area contributed by atoms with E-state index in [1.807, 2.05) is 104 Å². The second-order valence-electron chi connectivity index (χ2n) is 10.2. The van der Waals surface area contributed by atoms with Gasteiger partial charge in [0.1, 0.15) is 11.5 Å².